The van der Waals surface area contributed by atoms with E-state index in [0.29, 0.717) is 5.56 Å². The van der Waals surface area contributed by atoms with Crippen molar-refractivity contribution in [1.82, 2.24) is 0 Å². The molecule has 0 aliphatic heterocycles. The summed E-state index contributed by atoms with van der Waals surface area (Å²) in [7, 11) is 0. The normalized spacial score (nSPS) is 11.5. The SMILES string of the molecule is C[C@H](Oc1ccc(C#N)cc1)c1ccccc1. The van der Waals surface area contributed by atoms with Gasteiger partial charge in [-0.05, 0) is 36.8 Å². The van der Waals surface area contributed by atoms with Crippen molar-refractivity contribution in [2.24, 2.45) is 0 Å². The third kappa shape index (κ3) is 2.85. The molecule has 2 heteroatoms. The largest absolute Gasteiger partial charge is 0.486 e. The summed E-state index contributed by atoms with van der Waals surface area (Å²) in [5, 5.41) is 8.70. The van der Waals surface area contributed by atoms with E-state index >= 15 is 0 Å². The summed E-state index contributed by atoms with van der Waals surface area (Å²) < 4.78 is 5.79. The van der Waals surface area contributed by atoms with Gasteiger partial charge in [-0.2, -0.15) is 5.26 Å². The molecule has 2 rings (SSSR count). The highest BCUT2D eigenvalue weighted by molar-refractivity contribution is 5.35. The fraction of sp³-hybridized carbons (Fsp3) is 0.133. The third-order valence-electron chi connectivity index (χ3n) is 2.57. The molecular weight excluding hydrogens is 210 g/mol. The Labute approximate surface area is 101 Å². The van der Waals surface area contributed by atoms with Crippen molar-refractivity contribution in [2.45, 2.75) is 13.0 Å². The van der Waals surface area contributed by atoms with E-state index in [4.69, 9.17) is 10.00 Å². The van der Waals surface area contributed by atoms with Crippen molar-refractivity contribution in [3.05, 3.63) is 65.7 Å². The van der Waals surface area contributed by atoms with Crippen molar-refractivity contribution < 1.29 is 4.74 Å². The molecule has 0 fully saturated rings. The van der Waals surface area contributed by atoms with E-state index in [1.54, 1.807) is 12.1 Å². The highest BCUT2D eigenvalue weighted by Crippen LogP contribution is 2.21. The molecule has 2 aromatic rings. The van der Waals surface area contributed by atoms with Gasteiger partial charge in [-0.25, -0.2) is 0 Å². The van der Waals surface area contributed by atoms with Gasteiger partial charge in [0.25, 0.3) is 0 Å². The summed E-state index contributed by atoms with van der Waals surface area (Å²) in [6.45, 7) is 2.01. The lowest BCUT2D eigenvalue weighted by atomic mass is 10.1. The van der Waals surface area contributed by atoms with Crippen molar-refractivity contribution in [2.75, 3.05) is 0 Å². The lowest BCUT2D eigenvalue weighted by Crippen LogP contribution is -2.02. The van der Waals surface area contributed by atoms with Crippen LogP contribution < -0.4 is 4.74 Å². The van der Waals surface area contributed by atoms with Crippen molar-refractivity contribution in [3.8, 4) is 11.8 Å². The van der Waals surface area contributed by atoms with Gasteiger partial charge >= 0.3 is 0 Å². The third-order valence-corrected chi connectivity index (χ3v) is 2.57. The molecule has 0 spiro atoms. The standard InChI is InChI=1S/C15H13NO/c1-12(14-5-3-2-4-6-14)17-15-9-7-13(11-16)8-10-15/h2-10,12H,1H3/t12-/m0/s1. The molecule has 0 N–H and O–H groups in total. The first-order chi connectivity index (χ1) is 8.29. The lowest BCUT2D eigenvalue weighted by Gasteiger charge is -2.14. The van der Waals surface area contributed by atoms with Crippen LogP contribution in [0.4, 0.5) is 0 Å². The van der Waals surface area contributed by atoms with Crippen LogP contribution in [0.15, 0.2) is 54.6 Å². The van der Waals surface area contributed by atoms with E-state index in [1.807, 2.05) is 49.4 Å². The molecule has 0 heterocycles. The second kappa shape index (κ2) is 5.18. The Hall–Kier alpha value is -2.27. The van der Waals surface area contributed by atoms with Gasteiger partial charge in [-0.3, -0.25) is 0 Å². The first kappa shape index (κ1) is 11.2. The highest BCUT2D eigenvalue weighted by atomic mass is 16.5. The Morgan fingerprint density at radius 2 is 1.65 bits per heavy atom. The quantitative estimate of drug-likeness (QED) is 0.794. The number of benzene rings is 2. The molecule has 0 unspecified atom stereocenters. The van der Waals surface area contributed by atoms with E-state index in [9.17, 15) is 0 Å². The predicted molar refractivity (Wildman–Crippen MR) is 66.6 cm³/mol. The number of rotatable bonds is 3. The van der Waals surface area contributed by atoms with Crippen molar-refractivity contribution in [1.29, 1.82) is 5.26 Å². The van der Waals surface area contributed by atoms with Crippen LogP contribution in [-0.4, -0.2) is 0 Å². The van der Waals surface area contributed by atoms with Crippen LogP contribution in [0.3, 0.4) is 0 Å². The molecule has 0 aliphatic carbocycles. The molecule has 0 saturated carbocycles. The zero-order valence-electron chi connectivity index (χ0n) is 9.63. The monoisotopic (exact) mass is 223 g/mol. The summed E-state index contributed by atoms with van der Waals surface area (Å²) in [5.74, 6) is 0.778. The van der Waals surface area contributed by atoms with Crippen LogP contribution in [0.2, 0.25) is 0 Å². The van der Waals surface area contributed by atoms with E-state index in [-0.39, 0.29) is 6.10 Å². The predicted octanol–water partition coefficient (Wildman–Crippen LogP) is 3.70. The van der Waals surface area contributed by atoms with E-state index < -0.39 is 0 Å². The van der Waals surface area contributed by atoms with Crippen molar-refractivity contribution >= 4 is 0 Å². The Bertz CT molecular complexity index is 511. The number of nitriles is 1. The average molecular weight is 223 g/mol. The summed E-state index contributed by atoms with van der Waals surface area (Å²) in [4.78, 5) is 0. The smallest absolute Gasteiger partial charge is 0.121 e. The molecule has 84 valence electrons. The van der Waals surface area contributed by atoms with E-state index in [1.165, 1.54) is 0 Å². The molecule has 0 amide bonds. The van der Waals surface area contributed by atoms with Crippen LogP contribution in [0.5, 0.6) is 5.75 Å². The van der Waals surface area contributed by atoms with Crippen LogP contribution >= 0.6 is 0 Å². The zero-order valence-corrected chi connectivity index (χ0v) is 9.63. The first-order valence-corrected chi connectivity index (χ1v) is 5.51. The van der Waals surface area contributed by atoms with Gasteiger partial charge < -0.3 is 4.74 Å². The van der Waals surface area contributed by atoms with Gasteiger partial charge in [-0.15, -0.1) is 0 Å². The van der Waals surface area contributed by atoms with Crippen LogP contribution in [0, 0.1) is 11.3 Å². The van der Waals surface area contributed by atoms with Crippen molar-refractivity contribution in [3.63, 3.8) is 0 Å². The van der Waals surface area contributed by atoms with Gasteiger partial charge in [-0.1, -0.05) is 30.3 Å². The average Bonchev–Trinajstić information content (AvgIpc) is 2.40. The molecule has 0 radical (unpaired) electrons. The van der Waals surface area contributed by atoms with Gasteiger partial charge in [0.05, 0.1) is 11.6 Å². The molecule has 17 heavy (non-hydrogen) atoms. The molecule has 2 aromatic carbocycles. The summed E-state index contributed by atoms with van der Waals surface area (Å²) >= 11 is 0. The molecule has 0 saturated heterocycles. The Kier molecular flexibility index (Phi) is 3.42. The second-order valence-corrected chi connectivity index (χ2v) is 3.81. The zero-order chi connectivity index (χ0) is 12.1. The minimum atomic E-state index is 0.00383. The van der Waals surface area contributed by atoms with Gasteiger partial charge in [0.2, 0.25) is 0 Å². The minimum absolute atomic E-state index is 0.00383. The number of nitrogens with zero attached hydrogens (tertiary/aromatic N) is 1. The number of hydrogen-bond acceptors (Lipinski definition) is 2. The number of ether oxygens (including phenoxy) is 1. The molecule has 0 aromatic heterocycles. The summed E-state index contributed by atoms with van der Waals surface area (Å²) in [5.41, 5.74) is 1.78. The molecule has 0 bridgehead atoms. The minimum Gasteiger partial charge on any atom is -0.486 e. The first-order valence-electron chi connectivity index (χ1n) is 5.51. The maximum atomic E-state index is 8.70. The molecular formula is C15H13NO. The highest BCUT2D eigenvalue weighted by Gasteiger charge is 2.06. The van der Waals surface area contributed by atoms with Gasteiger partial charge in [0.1, 0.15) is 11.9 Å². The molecule has 0 aliphatic rings. The van der Waals surface area contributed by atoms with E-state index in [2.05, 4.69) is 6.07 Å². The van der Waals surface area contributed by atoms with Crippen LogP contribution in [0.25, 0.3) is 0 Å². The van der Waals surface area contributed by atoms with Crippen LogP contribution in [-0.2, 0) is 0 Å². The van der Waals surface area contributed by atoms with Gasteiger partial charge in [0, 0.05) is 0 Å². The topological polar surface area (TPSA) is 33.0 Å². The fourth-order valence-corrected chi connectivity index (χ4v) is 1.60. The maximum absolute atomic E-state index is 8.70. The number of hydrogen-bond donors (Lipinski definition) is 0. The second-order valence-electron chi connectivity index (χ2n) is 3.81. The maximum Gasteiger partial charge on any atom is 0.121 e. The van der Waals surface area contributed by atoms with E-state index in [0.717, 1.165) is 11.3 Å². The Balaban J connectivity index is 2.08. The summed E-state index contributed by atoms with van der Waals surface area (Å²) in [6.07, 6.45) is 0.00383. The lowest BCUT2D eigenvalue weighted by molar-refractivity contribution is 0.227. The molecule has 1 atom stereocenters. The van der Waals surface area contributed by atoms with Gasteiger partial charge in [0.15, 0.2) is 0 Å². The fourth-order valence-electron chi connectivity index (χ4n) is 1.60. The van der Waals surface area contributed by atoms with Crippen LogP contribution in [0.1, 0.15) is 24.2 Å². The summed E-state index contributed by atoms with van der Waals surface area (Å²) in [6, 6.07) is 19.3. The molecule has 2 nitrogen and oxygen atoms in total. The Morgan fingerprint density at radius 1 is 1.00 bits per heavy atom. The Morgan fingerprint density at radius 3 is 2.24 bits per heavy atom.